The highest BCUT2D eigenvalue weighted by Gasteiger charge is 2.73. The zero-order chi connectivity index (χ0) is 26.7. The van der Waals surface area contributed by atoms with Gasteiger partial charge in [0.15, 0.2) is 29.8 Å². The Balaban J connectivity index is 1.58. The van der Waals surface area contributed by atoms with Crippen molar-refractivity contribution in [3.63, 3.8) is 0 Å². The molecule has 0 unspecified atom stereocenters. The van der Waals surface area contributed by atoms with Crippen LogP contribution in [0.5, 0.6) is 11.5 Å². The minimum Gasteiger partial charge on any atom is -0.504 e. The summed E-state index contributed by atoms with van der Waals surface area (Å²) >= 11 is 0. The molecule has 6 atom stereocenters. The Hall–Kier alpha value is -3.64. The van der Waals surface area contributed by atoms with Crippen molar-refractivity contribution in [3.05, 3.63) is 35.1 Å². The Morgan fingerprint density at radius 1 is 1.05 bits per heavy atom. The van der Waals surface area contributed by atoms with E-state index in [-0.39, 0.29) is 29.6 Å². The molecule has 37 heavy (non-hydrogen) atoms. The van der Waals surface area contributed by atoms with Crippen LogP contribution in [0.25, 0.3) is 0 Å². The molecule has 1 aliphatic heterocycles. The molecular weight excluding hydrogens is 492 g/mol. The van der Waals surface area contributed by atoms with Gasteiger partial charge in [0, 0.05) is 17.9 Å². The van der Waals surface area contributed by atoms with Gasteiger partial charge in [-0.2, -0.15) is 0 Å². The van der Waals surface area contributed by atoms with Crippen LogP contribution in [0.1, 0.15) is 49.7 Å². The van der Waals surface area contributed by atoms with Crippen molar-refractivity contribution in [3.8, 4) is 11.5 Å². The van der Waals surface area contributed by atoms with Gasteiger partial charge in [-0.1, -0.05) is 12.5 Å². The lowest BCUT2D eigenvalue weighted by molar-refractivity contribution is -0.203. The van der Waals surface area contributed by atoms with E-state index in [1.54, 1.807) is 6.07 Å². The molecule has 5 rings (SSSR count). The molecule has 1 heterocycles. The highest BCUT2D eigenvalue weighted by atomic mass is 16.6. The third-order valence-electron chi connectivity index (χ3n) is 8.04. The normalized spacial score (nSPS) is 30.2. The van der Waals surface area contributed by atoms with Crippen LogP contribution in [-0.4, -0.2) is 73.3 Å². The van der Waals surface area contributed by atoms with Gasteiger partial charge in [0.05, 0.1) is 18.3 Å². The first kappa shape index (κ1) is 25.0. The average molecular weight is 518 g/mol. The molecule has 1 aromatic carbocycles. The molecule has 12 nitrogen and oxygen atoms in total. The number of aliphatic carboxylic acids is 2. The highest BCUT2D eigenvalue weighted by molar-refractivity contribution is 5.82. The number of phenols is 1. The Labute approximate surface area is 210 Å². The van der Waals surface area contributed by atoms with Crippen molar-refractivity contribution in [1.29, 1.82) is 0 Å². The van der Waals surface area contributed by atoms with E-state index < -0.39 is 66.0 Å². The van der Waals surface area contributed by atoms with Crippen molar-refractivity contribution in [1.82, 2.24) is 0 Å². The summed E-state index contributed by atoms with van der Waals surface area (Å²) in [7, 11) is 0. The zero-order valence-electron chi connectivity index (χ0n) is 19.6. The van der Waals surface area contributed by atoms with Crippen LogP contribution in [0.2, 0.25) is 0 Å². The maximum atomic E-state index is 12.9. The van der Waals surface area contributed by atoms with Gasteiger partial charge in [0.2, 0.25) is 0 Å². The van der Waals surface area contributed by atoms with Crippen LogP contribution in [0, 0.1) is 5.92 Å². The van der Waals surface area contributed by atoms with Crippen LogP contribution >= 0.6 is 0 Å². The van der Waals surface area contributed by atoms with Gasteiger partial charge in [-0.3, -0.25) is 9.59 Å². The molecule has 0 amide bonds. The van der Waals surface area contributed by atoms with Crippen molar-refractivity contribution in [2.75, 3.05) is 0 Å². The van der Waals surface area contributed by atoms with Crippen molar-refractivity contribution in [2.45, 2.75) is 74.3 Å². The molecule has 0 saturated heterocycles. The summed E-state index contributed by atoms with van der Waals surface area (Å²) in [6, 6.07) is 3.27. The van der Waals surface area contributed by atoms with Crippen LogP contribution < -0.4 is 4.74 Å². The molecule has 12 heteroatoms. The third kappa shape index (κ3) is 3.65. The number of hydrogen-bond donors (Lipinski definition) is 5. The molecule has 1 fully saturated rings. The Kier molecular flexibility index (Phi) is 5.91. The summed E-state index contributed by atoms with van der Waals surface area (Å²) in [6.45, 7) is 0. The van der Waals surface area contributed by atoms with Gasteiger partial charge in [-0.25, -0.2) is 9.59 Å². The second-order valence-corrected chi connectivity index (χ2v) is 9.98. The molecule has 2 bridgehead atoms. The van der Waals surface area contributed by atoms with E-state index in [0.717, 1.165) is 5.56 Å². The second kappa shape index (κ2) is 8.73. The fourth-order valence-electron chi connectivity index (χ4n) is 6.63. The first-order valence-corrected chi connectivity index (χ1v) is 12.0. The summed E-state index contributed by atoms with van der Waals surface area (Å²) in [4.78, 5) is 47.5. The number of carboxylic acids is 2. The molecule has 1 spiro atoms. The monoisotopic (exact) mass is 518 g/mol. The van der Waals surface area contributed by atoms with Gasteiger partial charge in [-0.15, -0.1) is 0 Å². The number of carbonyl (C=O) groups excluding carboxylic acids is 2. The largest absolute Gasteiger partial charge is 0.504 e. The number of esters is 2. The van der Waals surface area contributed by atoms with Gasteiger partial charge in [0.25, 0.3) is 0 Å². The number of carbonyl (C=O) groups is 4. The van der Waals surface area contributed by atoms with E-state index in [4.69, 9.17) is 24.4 Å². The highest BCUT2D eigenvalue weighted by Crippen LogP contribution is 2.68. The maximum absolute atomic E-state index is 12.9. The predicted molar refractivity (Wildman–Crippen MR) is 119 cm³/mol. The topological polar surface area (TPSA) is 197 Å². The minimum atomic E-state index is -1.96. The van der Waals surface area contributed by atoms with Crippen LogP contribution in [0.4, 0.5) is 0 Å². The van der Waals surface area contributed by atoms with Crippen LogP contribution in [-0.2, 0) is 40.5 Å². The van der Waals surface area contributed by atoms with E-state index in [1.165, 1.54) is 12.1 Å². The number of aromatic hydroxyl groups is 1. The SMILES string of the molecule is O=C(C[C@H](O)C(=O)O)OC1=CC[C@@]2(OC(=O)C[C@H](O)C(=O)O)[C@@H]3CCC[C@@]24c2c(ccc(O)c2O[C@@H]14)C3. The fraction of sp³-hybridized carbons (Fsp3) is 0.520. The number of aliphatic hydroxyl groups is 2. The first-order valence-electron chi connectivity index (χ1n) is 12.0. The number of carboxylic acid groups (broad SMARTS) is 2. The summed E-state index contributed by atoms with van der Waals surface area (Å²) in [5.41, 5.74) is -0.802. The Bertz CT molecular complexity index is 1220. The van der Waals surface area contributed by atoms with Gasteiger partial charge < -0.3 is 39.7 Å². The van der Waals surface area contributed by atoms with E-state index in [9.17, 15) is 34.5 Å². The fourth-order valence-corrected chi connectivity index (χ4v) is 6.63. The number of hydrogen-bond acceptors (Lipinski definition) is 10. The lowest BCUT2D eigenvalue weighted by Crippen LogP contribution is -2.69. The number of aliphatic hydroxyl groups excluding tert-OH is 2. The molecular formula is C25H26O12. The van der Waals surface area contributed by atoms with Crippen molar-refractivity contribution in [2.24, 2.45) is 5.92 Å². The van der Waals surface area contributed by atoms with E-state index >= 15 is 0 Å². The number of benzene rings is 1. The molecule has 1 aromatic rings. The molecule has 198 valence electrons. The van der Waals surface area contributed by atoms with E-state index in [0.29, 0.717) is 31.2 Å². The zero-order valence-corrected chi connectivity index (χ0v) is 19.6. The number of rotatable bonds is 8. The van der Waals surface area contributed by atoms with Crippen molar-refractivity contribution < 1.29 is 58.9 Å². The third-order valence-corrected chi connectivity index (χ3v) is 8.04. The predicted octanol–water partition coefficient (Wildman–Crippen LogP) is 0.531. The Morgan fingerprint density at radius 3 is 2.41 bits per heavy atom. The molecule has 4 aliphatic rings. The first-order chi connectivity index (χ1) is 17.5. The summed E-state index contributed by atoms with van der Waals surface area (Å²) in [5, 5.41) is 47.9. The number of ether oxygens (including phenoxy) is 3. The Morgan fingerprint density at radius 2 is 1.73 bits per heavy atom. The van der Waals surface area contributed by atoms with E-state index in [2.05, 4.69) is 0 Å². The second-order valence-electron chi connectivity index (χ2n) is 9.98. The lowest BCUT2D eigenvalue weighted by Gasteiger charge is -2.60. The minimum absolute atomic E-state index is 0.0453. The molecule has 0 radical (unpaired) electrons. The van der Waals surface area contributed by atoms with Gasteiger partial charge in [-0.05, 0) is 37.0 Å². The molecule has 3 aliphatic carbocycles. The van der Waals surface area contributed by atoms with Crippen LogP contribution in [0.3, 0.4) is 0 Å². The summed E-state index contributed by atoms with van der Waals surface area (Å²) in [6.07, 6.45) is -2.56. The smallest absolute Gasteiger partial charge is 0.333 e. The molecule has 5 N–H and O–H groups in total. The van der Waals surface area contributed by atoms with E-state index in [1.807, 2.05) is 0 Å². The lowest BCUT2D eigenvalue weighted by atomic mass is 9.46. The van der Waals surface area contributed by atoms with Crippen molar-refractivity contribution >= 4 is 23.9 Å². The standard InChI is InChI=1S/C25H26O12/c26-13-4-3-11-8-12-2-1-6-24-19(11)20(13)36-21(24)16(35-17(29)9-14(27)22(31)32)5-7-25(12,24)37-18(30)10-15(28)23(33)34/h3-5,12,14-15,21,26-28H,1-2,6-10H2,(H,31,32)(H,33,34)/t12-,14+,15+,21+,24+,25-/m1/s1. The molecule has 0 aromatic heterocycles. The number of phenolic OH excluding ortho intramolecular Hbond substituents is 1. The van der Waals surface area contributed by atoms with Crippen LogP contribution in [0.15, 0.2) is 24.0 Å². The van der Waals surface area contributed by atoms with Gasteiger partial charge in [0.1, 0.15) is 11.4 Å². The average Bonchev–Trinajstić information content (AvgIpc) is 3.17. The maximum Gasteiger partial charge on any atom is 0.333 e. The van der Waals surface area contributed by atoms with Gasteiger partial charge >= 0.3 is 23.9 Å². The quantitative estimate of drug-likeness (QED) is 0.300. The molecule has 1 saturated carbocycles. The summed E-state index contributed by atoms with van der Waals surface area (Å²) < 4.78 is 17.8. The summed E-state index contributed by atoms with van der Waals surface area (Å²) in [5.74, 6) is -5.19.